The summed E-state index contributed by atoms with van der Waals surface area (Å²) in [6.07, 6.45) is 0. The summed E-state index contributed by atoms with van der Waals surface area (Å²) < 4.78 is 71.3. The van der Waals surface area contributed by atoms with E-state index in [4.69, 9.17) is 4.74 Å². The summed E-state index contributed by atoms with van der Waals surface area (Å²) in [6, 6.07) is 5.17. The van der Waals surface area contributed by atoms with Crippen LogP contribution in [0.4, 0.5) is 11.4 Å². The Hall–Kier alpha value is -4.45. The zero-order valence-corrected chi connectivity index (χ0v) is 22.8. The van der Waals surface area contributed by atoms with Gasteiger partial charge >= 0.3 is 5.97 Å². The van der Waals surface area contributed by atoms with E-state index in [2.05, 4.69) is 15.6 Å². The number of hydrogen-bond acceptors (Lipinski definition) is 12. The van der Waals surface area contributed by atoms with Gasteiger partial charge in [-0.2, -0.15) is 27.0 Å². The molecule has 0 heterocycles. The first-order valence-electron chi connectivity index (χ1n) is 10.9. The minimum Gasteiger partial charge on any atom is -0.495 e. The monoisotopic (exact) mass is 594 g/mol. The van der Waals surface area contributed by atoms with Crippen LogP contribution < -0.4 is 37.2 Å². The first-order valence-corrected chi connectivity index (χ1v) is 13.8. The fraction of sp³-hybridized carbons (Fsp3) is 0.174. The maximum absolute atomic E-state index is 13.1. The molecule has 3 rings (SSSR count). The van der Waals surface area contributed by atoms with Crippen molar-refractivity contribution in [3.8, 4) is 5.75 Å². The standard InChI is InChI=1S/C23H22N4O11S2/c1-10-5-14(17(38-4)6-11(10)2)24-26-20-13(23(30)31)8-16(28)21(22(20)29)27-25-15-9-18(39(32,33)34)12(3)7-19(15)40(35,36)37/h5-9,24-25H,1-4H3,(H,30,31)(H,32,33,34)(H,35,36,37)/b26-20-,27-21+. The molecule has 212 valence electrons. The Kier molecular flexibility index (Phi) is 8.25. The molecule has 0 amide bonds. The summed E-state index contributed by atoms with van der Waals surface area (Å²) in [6.45, 7) is 4.75. The molecule has 40 heavy (non-hydrogen) atoms. The van der Waals surface area contributed by atoms with E-state index in [1.165, 1.54) is 7.11 Å². The number of carboxylic acid groups (broad SMARTS) is 1. The van der Waals surface area contributed by atoms with Gasteiger partial charge in [-0.15, -0.1) is 0 Å². The molecule has 0 saturated heterocycles. The van der Waals surface area contributed by atoms with Gasteiger partial charge < -0.3 is 9.84 Å². The number of benzene rings is 3. The molecule has 0 saturated carbocycles. The molecule has 3 aromatic carbocycles. The molecule has 15 nitrogen and oxygen atoms in total. The SMILES string of the molecule is COc1cc(C)c(C)cc1N/N=c1/c(C(=O)O)cc(=O)/c(=N\Nc2cc(S(=O)(=O)O)c(C)cc2S(=O)(=O)O)c1=O. The molecule has 3 aromatic rings. The van der Waals surface area contributed by atoms with E-state index in [1.807, 2.05) is 12.3 Å². The number of rotatable bonds is 8. The van der Waals surface area contributed by atoms with Crippen LogP contribution in [-0.2, 0) is 20.2 Å². The molecule has 0 aliphatic heterocycles. The lowest BCUT2D eigenvalue weighted by Gasteiger charge is -2.11. The summed E-state index contributed by atoms with van der Waals surface area (Å²) in [5.41, 5.74) is 2.26. The molecule has 0 spiro atoms. The Bertz CT molecular complexity index is 2000. The number of carboxylic acids is 1. The van der Waals surface area contributed by atoms with Crippen LogP contribution in [0.25, 0.3) is 0 Å². The number of carbonyl (C=O) groups is 1. The Morgan fingerprint density at radius 2 is 1.32 bits per heavy atom. The molecule has 0 bridgehead atoms. The lowest BCUT2D eigenvalue weighted by atomic mass is 10.1. The van der Waals surface area contributed by atoms with E-state index in [0.717, 1.165) is 18.1 Å². The number of methoxy groups -OCH3 is 1. The summed E-state index contributed by atoms with van der Waals surface area (Å²) >= 11 is 0. The predicted octanol–water partition coefficient (Wildman–Crippen LogP) is 0.264. The lowest BCUT2D eigenvalue weighted by molar-refractivity contribution is 0.0694. The smallest absolute Gasteiger partial charge is 0.338 e. The van der Waals surface area contributed by atoms with E-state index in [9.17, 15) is 45.4 Å². The fourth-order valence-corrected chi connectivity index (χ4v) is 4.95. The third-order valence-electron chi connectivity index (χ3n) is 5.65. The van der Waals surface area contributed by atoms with Gasteiger partial charge in [-0.25, -0.2) is 4.79 Å². The largest absolute Gasteiger partial charge is 0.495 e. The van der Waals surface area contributed by atoms with Crippen LogP contribution in [0.2, 0.25) is 0 Å². The second-order valence-corrected chi connectivity index (χ2v) is 11.2. The maximum Gasteiger partial charge on any atom is 0.338 e. The van der Waals surface area contributed by atoms with Gasteiger partial charge in [-0.05, 0) is 61.7 Å². The zero-order valence-electron chi connectivity index (χ0n) is 21.2. The topological polar surface area (TPSA) is 238 Å². The van der Waals surface area contributed by atoms with Crippen molar-refractivity contribution < 1.29 is 40.6 Å². The van der Waals surface area contributed by atoms with Gasteiger partial charge in [0.15, 0.2) is 5.36 Å². The molecule has 0 aliphatic carbocycles. The Labute approximate surface area is 226 Å². The number of hydrogen-bond donors (Lipinski definition) is 5. The van der Waals surface area contributed by atoms with Crippen LogP contribution in [0.1, 0.15) is 27.0 Å². The summed E-state index contributed by atoms with van der Waals surface area (Å²) in [5.74, 6) is -1.35. The zero-order chi connectivity index (χ0) is 30.2. The van der Waals surface area contributed by atoms with Crippen molar-refractivity contribution >= 4 is 37.6 Å². The maximum atomic E-state index is 13.1. The van der Waals surface area contributed by atoms with Gasteiger partial charge in [0.1, 0.15) is 16.0 Å². The lowest BCUT2D eigenvalue weighted by Crippen LogP contribution is -2.50. The first kappa shape index (κ1) is 30.1. The van der Waals surface area contributed by atoms with E-state index in [-0.39, 0.29) is 11.3 Å². The van der Waals surface area contributed by atoms with E-state index in [0.29, 0.717) is 23.9 Å². The van der Waals surface area contributed by atoms with Crippen LogP contribution in [0.3, 0.4) is 0 Å². The third-order valence-corrected chi connectivity index (χ3v) is 7.54. The Morgan fingerprint density at radius 1 is 0.775 bits per heavy atom. The van der Waals surface area contributed by atoms with Crippen molar-refractivity contribution in [2.75, 3.05) is 18.0 Å². The van der Waals surface area contributed by atoms with Gasteiger partial charge in [0.2, 0.25) is 10.9 Å². The van der Waals surface area contributed by atoms with Crippen LogP contribution >= 0.6 is 0 Å². The van der Waals surface area contributed by atoms with Crippen molar-refractivity contribution in [3.05, 3.63) is 83.7 Å². The van der Waals surface area contributed by atoms with Crippen LogP contribution in [0.15, 0.2) is 59.9 Å². The second kappa shape index (κ2) is 11.0. The van der Waals surface area contributed by atoms with E-state index in [1.54, 1.807) is 19.1 Å². The third kappa shape index (κ3) is 6.23. The predicted molar refractivity (Wildman–Crippen MR) is 140 cm³/mol. The summed E-state index contributed by atoms with van der Waals surface area (Å²) in [7, 11) is -8.48. The minimum absolute atomic E-state index is 0.255. The van der Waals surface area contributed by atoms with Crippen molar-refractivity contribution in [3.63, 3.8) is 0 Å². The number of ether oxygens (including phenoxy) is 1. The number of anilines is 2. The number of aromatic carboxylic acids is 1. The Morgan fingerprint density at radius 3 is 1.88 bits per heavy atom. The van der Waals surface area contributed by atoms with Crippen molar-refractivity contribution in [1.82, 2.24) is 0 Å². The Balaban J connectivity index is 2.27. The van der Waals surface area contributed by atoms with Crippen molar-refractivity contribution in [2.45, 2.75) is 30.6 Å². The highest BCUT2D eigenvalue weighted by Gasteiger charge is 2.23. The van der Waals surface area contributed by atoms with Gasteiger partial charge in [-0.1, -0.05) is 0 Å². The van der Waals surface area contributed by atoms with Gasteiger partial charge in [-0.3, -0.25) is 29.5 Å². The van der Waals surface area contributed by atoms with E-state index >= 15 is 0 Å². The molecule has 0 aliphatic rings. The average molecular weight is 595 g/mol. The van der Waals surface area contributed by atoms with Gasteiger partial charge in [0.05, 0.1) is 28.9 Å². The molecule has 17 heteroatoms. The molecular formula is C23H22N4O11S2. The molecule has 0 unspecified atom stereocenters. The number of aryl methyl sites for hydroxylation is 3. The number of nitrogens with one attached hydrogen (secondary N) is 2. The molecule has 5 N–H and O–H groups in total. The highest BCUT2D eigenvalue weighted by atomic mass is 32.2. The van der Waals surface area contributed by atoms with E-state index < -0.39 is 68.8 Å². The van der Waals surface area contributed by atoms with Crippen molar-refractivity contribution in [1.29, 1.82) is 0 Å². The van der Waals surface area contributed by atoms with Crippen LogP contribution in [0.5, 0.6) is 5.75 Å². The van der Waals surface area contributed by atoms with Gasteiger partial charge in [0, 0.05) is 6.07 Å². The molecule has 0 fully saturated rings. The molecule has 0 atom stereocenters. The average Bonchev–Trinajstić information content (AvgIpc) is 2.83. The first-order chi connectivity index (χ1) is 18.4. The van der Waals surface area contributed by atoms with Gasteiger partial charge in [0.25, 0.3) is 20.2 Å². The molecule has 0 radical (unpaired) electrons. The highest BCUT2D eigenvalue weighted by molar-refractivity contribution is 7.86. The normalized spacial score (nSPS) is 12.8. The quantitative estimate of drug-likeness (QED) is 0.174. The fourth-order valence-electron chi connectivity index (χ4n) is 3.51. The molecule has 0 aromatic heterocycles. The highest BCUT2D eigenvalue weighted by Crippen LogP contribution is 2.29. The summed E-state index contributed by atoms with van der Waals surface area (Å²) in [5, 5.41) is 15.2. The second-order valence-electron chi connectivity index (χ2n) is 8.40. The van der Waals surface area contributed by atoms with Crippen LogP contribution in [-0.4, -0.2) is 44.1 Å². The minimum atomic E-state index is -4.99. The number of nitrogens with zero attached hydrogens (tertiary/aromatic N) is 2. The summed E-state index contributed by atoms with van der Waals surface area (Å²) in [4.78, 5) is 35.8. The van der Waals surface area contributed by atoms with Crippen molar-refractivity contribution in [2.24, 2.45) is 10.2 Å². The van der Waals surface area contributed by atoms with Crippen LogP contribution in [0, 0.1) is 20.8 Å². The molecular weight excluding hydrogens is 572 g/mol.